The van der Waals surface area contributed by atoms with Gasteiger partial charge in [-0.15, -0.1) is 11.3 Å². The van der Waals surface area contributed by atoms with Gasteiger partial charge in [0.1, 0.15) is 4.21 Å². The molecule has 4 nitrogen and oxygen atoms in total. The summed E-state index contributed by atoms with van der Waals surface area (Å²) in [6, 6.07) is 2.06. The quantitative estimate of drug-likeness (QED) is 0.876. The molecule has 2 rings (SSSR count). The van der Waals surface area contributed by atoms with Crippen LogP contribution in [0.25, 0.3) is 0 Å². The van der Waals surface area contributed by atoms with E-state index in [4.69, 9.17) is 11.6 Å². The Bertz CT molecular complexity index is 488. The summed E-state index contributed by atoms with van der Waals surface area (Å²) >= 11 is 6.99. The topological polar surface area (TPSA) is 58.2 Å². The Hall–Kier alpha value is -0.140. The second-order valence-electron chi connectivity index (χ2n) is 4.50. The number of halogens is 1. The van der Waals surface area contributed by atoms with E-state index in [2.05, 4.69) is 10.0 Å². The van der Waals surface area contributed by atoms with E-state index in [0.29, 0.717) is 21.1 Å². The third kappa shape index (κ3) is 3.45. The fourth-order valence-corrected chi connectivity index (χ4v) is 4.81. The lowest BCUT2D eigenvalue weighted by Crippen LogP contribution is -2.30. The van der Waals surface area contributed by atoms with Crippen LogP contribution in [0.2, 0.25) is 4.34 Å². The van der Waals surface area contributed by atoms with E-state index in [-0.39, 0.29) is 0 Å². The van der Waals surface area contributed by atoms with Gasteiger partial charge >= 0.3 is 0 Å². The maximum absolute atomic E-state index is 12.0. The van der Waals surface area contributed by atoms with Gasteiger partial charge in [-0.25, -0.2) is 13.1 Å². The number of hydrogen-bond donors (Lipinski definition) is 2. The van der Waals surface area contributed by atoms with Gasteiger partial charge in [0.25, 0.3) is 0 Å². The Balaban J connectivity index is 1.90. The fourth-order valence-electron chi connectivity index (χ4n) is 2.01. The van der Waals surface area contributed by atoms with E-state index in [1.54, 1.807) is 13.0 Å². The number of nitrogens with one attached hydrogen (secondary N) is 2. The lowest BCUT2D eigenvalue weighted by atomic mass is 10.2. The molecule has 102 valence electrons. The predicted molar refractivity (Wildman–Crippen MR) is 74.9 cm³/mol. The van der Waals surface area contributed by atoms with Crippen molar-refractivity contribution in [2.45, 2.75) is 36.4 Å². The largest absolute Gasteiger partial charge is 0.314 e. The highest BCUT2D eigenvalue weighted by atomic mass is 35.5. The van der Waals surface area contributed by atoms with Gasteiger partial charge in [-0.2, -0.15) is 0 Å². The van der Waals surface area contributed by atoms with Crippen molar-refractivity contribution in [1.82, 2.24) is 10.0 Å². The molecule has 1 saturated heterocycles. The van der Waals surface area contributed by atoms with E-state index >= 15 is 0 Å². The summed E-state index contributed by atoms with van der Waals surface area (Å²) in [5.74, 6) is 0. The van der Waals surface area contributed by atoms with Crippen molar-refractivity contribution in [2.24, 2.45) is 0 Å². The zero-order valence-electron chi connectivity index (χ0n) is 10.2. The van der Waals surface area contributed by atoms with E-state index in [1.807, 2.05) is 0 Å². The van der Waals surface area contributed by atoms with Crippen molar-refractivity contribution in [2.75, 3.05) is 13.1 Å². The highest BCUT2D eigenvalue weighted by molar-refractivity contribution is 7.91. The number of thiophene rings is 1. The van der Waals surface area contributed by atoms with E-state index in [1.165, 1.54) is 6.42 Å². The number of hydrogen-bond acceptors (Lipinski definition) is 4. The van der Waals surface area contributed by atoms with Gasteiger partial charge in [0.15, 0.2) is 0 Å². The summed E-state index contributed by atoms with van der Waals surface area (Å²) < 4.78 is 27.4. The van der Waals surface area contributed by atoms with Gasteiger partial charge < -0.3 is 5.32 Å². The molecule has 1 fully saturated rings. The molecule has 1 atom stereocenters. The second-order valence-corrected chi connectivity index (χ2v) is 8.15. The Kier molecular flexibility index (Phi) is 4.66. The van der Waals surface area contributed by atoms with E-state index in [0.717, 1.165) is 36.3 Å². The van der Waals surface area contributed by atoms with Crippen LogP contribution in [0.3, 0.4) is 0 Å². The number of aryl methyl sites for hydroxylation is 1. The molecule has 0 saturated carbocycles. The van der Waals surface area contributed by atoms with Gasteiger partial charge in [-0.1, -0.05) is 11.6 Å². The van der Waals surface area contributed by atoms with Crippen molar-refractivity contribution in [1.29, 1.82) is 0 Å². The number of rotatable bonds is 5. The van der Waals surface area contributed by atoms with Gasteiger partial charge in [-0.3, -0.25) is 0 Å². The molecule has 0 spiro atoms. The molecule has 1 aliphatic rings. The minimum Gasteiger partial charge on any atom is -0.314 e. The van der Waals surface area contributed by atoms with Crippen LogP contribution in [0.4, 0.5) is 0 Å². The van der Waals surface area contributed by atoms with Gasteiger partial charge in [-0.05, 0) is 44.4 Å². The van der Waals surface area contributed by atoms with Gasteiger partial charge in [0.2, 0.25) is 10.0 Å². The Morgan fingerprint density at radius 3 is 2.94 bits per heavy atom. The lowest BCUT2D eigenvalue weighted by Gasteiger charge is -2.10. The normalized spacial score (nSPS) is 20.4. The monoisotopic (exact) mass is 308 g/mol. The Labute approximate surface area is 117 Å². The number of sulfonamides is 1. The second kappa shape index (κ2) is 5.88. The van der Waals surface area contributed by atoms with Crippen LogP contribution in [-0.4, -0.2) is 27.5 Å². The minimum atomic E-state index is -3.40. The molecule has 1 aromatic heterocycles. The van der Waals surface area contributed by atoms with Crippen LogP contribution in [0.5, 0.6) is 0 Å². The average molecular weight is 309 g/mol. The summed E-state index contributed by atoms with van der Waals surface area (Å²) in [5.41, 5.74) is 0.805. The molecule has 1 aliphatic heterocycles. The molecule has 0 bridgehead atoms. The fraction of sp³-hybridized carbons (Fsp3) is 0.636. The zero-order valence-corrected chi connectivity index (χ0v) is 12.6. The molecular weight excluding hydrogens is 292 g/mol. The van der Waals surface area contributed by atoms with Crippen molar-refractivity contribution >= 4 is 33.0 Å². The summed E-state index contributed by atoms with van der Waals surface area (Å²) in [5, 5.41) is 3.34. The summed E-state index contributed by atoms with van der Waals surface area (Å²) in [4.78, 5) is 0. The van der Waals surface area contributed by atoms with Crippen LogP contribution in [-0.2, 0) is 10.0 Å². The first-order valence-electron chi connectivity index (χ1n) is 5.98. The molecular formula is C11H17ClN2O2S2. The highest BCUT2D eigenvalue weighted by Crippen LogP contribution is 2.29. The third-order valence-corrected chi connectivity index (χ3v) is 6.54. The SMILES string of the molecule is Cc1cc(S(=O)(=O)NCC[C@H]2CCCN2)sc1Cl. The molecule has 0 unspecified atom stereocenters. The third-order valence-electron chi connectivity index (χ3n) is 3.05. The molecule has 2 heterocycles. The molecule has 0 amide bonds. The van der Waals surface area contributed by atoms with Crippen molar-refractivity contribution < 1.29 is 8.42 Å². The van der Waals surface area contributed by atoms with Crippen molar-refractivity contribution in [3.63, 3.8) is 0 Å². The minimum absolute atomic E-state index is 0.296. The summed E-state index contributed by atoms with van der Waals surface area (Å²) in [6.45, 7) is 3.31. The standard InChI is InChI=1S/C11H17ClN2O2S2/c1-8-7-10(17-11(8)12)18(15,16)14-6-4-9-3-2-5-13-9/h7,9,13-14H,2-6H2,1H3/t9-/m1/s1. The summed E-state index contributed by atoms with van der Waals surface area (Å²) in [7, 11) is -3.40. The van der Waals surface area contributed by atoms with Crippen LogP contribution < -0.4 is 10.0 Å². The summed E-state index contributed by atoms with van der Waals surface area (Å²) in [6.07, 6.45) is 3.14. The Morgan fingerprint density at radius 1 is 1.61 bits per heavy atom. The molecule has 2 N–H and O–H groups in total. The van der Waals surface area contributed by atoms with E-state index < -0.39 is 10.0 Å². The molecule has 0 aliphatic carbocycles. The van der Waals surface area contributed by atoms with E-state index in [9.17, 15) is 8.42 Å². The predicted octanol–water partition coefficient (Wildman–Crippen LogP) is 2.13. The Morgan fingerprint density at radius 2 is 2.39 bits per heavy atom. The molecule has 0 radical (unpaired) electrons. The maximum atomic E-state index is 12.0. The molecule has 0 aromatic carbocycles. The lowest BCUT2D eigenvalue weighted by molar-refractivity contribution is 0.540. The highest BCUT2D eigenvalue weighted by Gasteiger charge is 2.19. The molecule has 18 heavy (non-hydrogen) atoms. The molecule has 1 aromatic rings. The van der Waals surface area contributed by atoms with Crippen LogP contribution in [0.1, 0.15) is 24.8 Å². The maximum Gasteiger partial charge on any atom is 0.250 e. The average Bonchev–Trinajstić information content (AvgIpc) is 2.90. The van der Waals surface area contributed by atoms with Gasteiger partial charge in [0, 0.05) is 12.6 Å². The first-order valence-corrected chi connectivity index (χ1v) is 8.66. The van der Waals surface area contributed by atoms with Crippen LogP contribution in [0, 0.1) is 6.92 Å². The van der Waals surface area contributed by atoms with Gasteiger partial charge in [0.05, 0.1) is 4.34 Å². The van der Waals surface area contributed by atoms with Crippen LogP contribution in [0.15, 0.2) is 10.3 Å². The van der Waals surface area contributed by atoms with Crippen molar-refractivity contribution in [3.8, 4) is 0 Å². The van der Waals surface area contributed by atoms with Crippen LogP contribution >= 0.6 is 22.9 Å². The smallest absolute Gasteiger partial charge is 0.250 e. The first-order chi connectivity index (χ1) is 8.49. The van der Waals surface area contributed by atoms with Crippen molar-refractivity contribution in [3.05, 3.63) is 16.0 Å². The molecule has 7 heteroatoms. The first kappa shape index (κ1) is 14.3. The zero-order chi connectivity index (χ0) is 13.2.